The number of hydrogen-bond acceptors (Lipinski definition) is 4. The molecule has 0 aliphatic carbocycles. The zero-order chi connectivity index (χ0) is 14.9. The van der Waals surface area contributed by atoms with Crippen molar-refractivity contribution in [2.45, 2.75) is 39.0 Å². The summed E-state index contributed by atoms with van der Waals surface area (Å²) in [5.74, 6) is -0.235. The Morgan fingerprint density at radius 2 is 2.25 bits per heavy atom. The van der Waals surface area contributed by atoms with Gasteiger partial charge in [0.15, 0.2) is 0 Å². The summed E-state index contributed by atoms with van der Waals surface area (Å²) in [4.78, 5) is 2.15. The third-order valence-corrected chi connectivity index (χ3v) is 3.82. The minimum atomic E-state index is -0.247. The van der Waals surface area contributed by atoms with Crippen molar-refractivity contribution in [3.8, 4) is 0 Å². The highest BCUT2D eigenvalue weighted by Gasteiger charge is 2.28. The first-order chi connectivity index (χ1) is 9.43. The van der Waals surface area contributed by atoms with E-state index in [-0.39, 0.29) is 30.6 Å². The molecule has 3 N–H and O–H groups in total. The van der Waals surface area contributed by atoms with Crippen LogP contribution in [0, 0.1) is 12.7 Å². The van der Waals surface area contributed by atoms with Crippen LogP contribution in [0.15, 0.2) is 12.1 Å². The maximum Gasteiger partial charge on any atom is 0.126 e. The van der Waals surface area contributed by atoms with Crippen LogP contribution in [0.2, 0.25) is 0 Å². The van der Waals surface area contributed by atoms with E-state index in [2.05, 4.69) is 11.8 Å². The second-order valence-corrected chi connectivity index (χ2v) is 5.59. The minimum Gasteiger partial charge on any atom is -0.394 e. The van der Waals surface area contributed by atoms with Crippen molar-refractivity contribution in [2.75, 3.05) is 24.7 Å². The molecule has 0 aromatic heterocycles. The summed E-state index contributed by atoms with van der Waals surface area (Å²) in [6.07, 6.45) is -0.211. The van der Waals surface area contributed by atoms with E-state index in [9.17, 15) is 9.50 Å². The van der Waals surface area contributed by atoms with E-state index in [1.54, 1.807) is 6.92 Å². The Hall–Kier alpha value is -1.17. The number of hydrogen-bond donors (Lipinski definition) is 2. The second-order valence-electron chi connectivity index (χ2n) is 5.59. The van der Waals surface area contributed by atoms with Gasteiger partial charge in [-0.15, -0.1) is 0 Å². The van der Waals surface area contributed by atoms with Crippen molar-refractivity contribution in [1.82, 2.24) is 0 Å². The Morgan fingerprint density at radius 3 is 2.85 bits per heavy atom. The van der Waals surface area contributed by atoms with Crippen LogP contribution in [0.5, 0.6) is 0 Å². The number of rotatable bonds is 3. The lowest BCUT2D eigenvalue weighted by atomic mass is 10.0. The normalized spacial score (nSPS) is 24.8. The Kier molecular flexibility index (Phi) is 4.62. The minimum absolute atomic E-state index is 0.0170. The topological polar surface area (TPSA) is 58.7 Å². The summed E-state index contributed by atoms with van der Waals surface area (Å²) >= 11 is 0. The van der Waals surface area contributed by atoms with E-state index in [4.69, 9.17) is 10.5 Å². The summed E-state index contributed by atoms with van der Waals surface area (Å²) in [5, 5.41) is 9.28. The number of ether oxygens (including phenoxy) is 1. The predicted molar refractivity (Wildman–Crippen MR) is 77.4 cm³/mol. The molecule has 1 aromatic carbocycles. The molecular formula is C15H23FN2O2. The number of nitrogens with two attached hydrogens (primary N) is 1. The van der Waals surface area contributed by atoms with Crippen LogP contribution in [-0.4, -0.2) is 37.0 Å². The molecule has 0 spiro atoms. The summed E-state index contributed by atoms with van der Waals surface area (Å²) in [5.41, 5.74) is 8.31. The van der Waals surface area contributed by atoms with E-state index < -0.39 is 0 Å². The monoisotopic (exact) mass is 282 g/mol. The van der Waals surface area contributed by atoms with Crippen molar-refractivity contribution in [3.63, 3.8) is 0 Å². The van der Waals surface area contributed by atoms with Crippen molar-refractivity contribution < 1.29 is 14.2 Å². The highest BCUT2D eigenvalue weighted by molar-refractivity contribution is 5.58. The molecule has 1 aromatic rings. The maximum absolute atomic E-state index is 13.8. The Labute approximate surface area is 119 Å². The molecule has 1 saturated heterocycles. The Bertz CT molecular complexity index is 479. The largest absolute Gasteiger partial charge is 0.394 e. The van der Waals surface area contributed by atoms with Gasteiger partial charge in [-0.3, -0.25) is 0 Å². The smallest absolute Gasteiger partial charge is 0.126 e. The van der Waals surface area contributed by atoms with Gasteiger partial charge in [-0.05, 0) is 44.0 Å². The van der Waals surface area contributed by atoms with E-state index in [1.807, 2.05) is 13.0 Å². The molecule has 1 heterocycles. The molecule has 2 rings (SSSR count). The molecule has 3 unspecified atom stereocenters. The van der Waals surface area contributed by atoms with Gasteiger partial charge in [-0.1, -0.05) is 0 Å². The zero-order valence-electron chi connectivity index (χ0n) is 12.3. The molecule has 0 radical (unpaired) electrons. The van der Waals surface area contributed by atoms with Gasteiger partial charge < -0.3 is 20.5 Å². The molecule has 112 valence electrons. The van der Waals surface area contributed by atoms with Gasteiger partial charge >= 0.3 is 0 Å². The first-order valence-electron chi connectivity index (χ1n) is 6.98. The third kappa shape index (κ3) is 2.95. The Morgan fingerprint density at radius 1 is 1.55 bits per heavy atom. The highest BCUT2D eigenvalue weighted by atomic mass is 19.1. The van der Waals surface area contributed by atoms with Crippen LogP contribution in [-0.2, 0) is 4.74 Å². The number of aliphatic hydroxyl groups excluding tert-OH is 1. The van der Waals surface area contributed by atoms with Gasteiger partial charge in [0.2, 0.25) is 0 Å². The summed E-state index contributed by atoms with van der Waals surface area (Å²) in [7, 11) is 0. The highest BCUT2D eigenvalue weighted by Crippen LogP contribution is 2.31. The van der Waals surface area contributed by atoms with Crippen LogP contribution in [0.1, 0.15) is 31.0 Å². The van der Waals surface area contributed by atoms with Gasteiger partial charge in [-0.2, -0.15) is 0 Å². The van der Waals surface area contributed by atoms with Crippen molar-refractivity contribution in [1.29, 1.82) is 0 Å². The van der Waals surface area contributed by atoms with Crippen molar-refractivity contribution in [3.05, 3.63) is 29.1 Å². The SMILES string of the molecule is Cc1cc(N2CC(CO)OCC2C)c(C(C)N)cc1F. The summed E-state index contributed by atoms with van der Waals surface area (Å²) in [6, 6.07) is 3.28. The molecule has 1 aliphatic heterocycles. The maximum atomic E-state index is 13.8. The molecule has 3 atom stereocenters. The molecule has 20 heavy (non-hydrogen) atoms. The quantitative estimate of drug-likeness (QED) is 0.886. The molecule has 1 fully saturated rings. The van der Waals surface area contributed by atoms with Gasteiger partial charge in [0.25, 0.3) is 0 Å². The first kappa shape index (κ1) is 15.2. The fourth-order valence-corrected chi connectivity index (χ4v) is 2.56. The van der Waals surface area contributed by atoms with Crippen LogP contribution in [0.4, 0.5) is 10.1 Å². The van der Waals surface area contributed by atoms with E-state index in [1.165, 1.54) is 6.07 Å². The summed E-state index contributed by atoms with van der Waals surface area (Å²) < 4.78 is 19.3. The number of nitrogens with zero attached hydrogens (tertiary/aromatic N) is 1. The van der Waals surface area contributed by atoms with Crippen LogP contribution < -0.4 is 10.6 Å². The molecule has 1 aliphatic rings. The van der Waals surface area contributed by atoms with Crippen LogP contribution in [0.3, 0.4) is 0 Å². The fourth-order valence-electron chi connectivity index (χ4n) is 2.56. The predicted octanol–water partition coefficient (Wildman–Crippen LogP) is 1.74. The lowest BCUT2D eigenvalue weighted by Gasteiger charge is -2.40. The number of morpholine rings is 1. The number of aryl methyl sites for hydroxylation is 1. The summed E-state index contributed by atoms with van der Waals surface area (Å²) in [6.45, 7) is 6.76. The molecule has 0 amide bonds. The van der Waals surface area contributed by atoms with Gasteiger partial charge in [0.1, 0.15) is 5.82 Å². The van der Waals surface area contributed by atoms with Gasteiger partial charge in [0, 0.05) is 24.3 Å². The van der Waals surface area contributed by atoms with E-state index in [0.717, 1.165) is 11.3 Å². The fraction of sp³-hybridized carbons (Fsp3) is 0.600. The molecule has 5 heteroatoms. The van der Waals surface area contributed by atoms with Gasteiger partial charge in [0.05, 0.1) is 19.3 Å². The van der Waals surface area contributed by atoms with E-state index in [0.29, 0.717) is 18.7 Å². The molecular weight excluding hydrogens is 259 g/mol. The number of benzene rings is 1. The van der Waals surface area contributed by atoms with Crippen molar-refractivity contribution in [2.24, 2.45) is 5.73 Å². The van der Waals surface area contributed by atoms with Crippen molar-refractivity contribution >= 4 is 5.69 Å². The lowest BCUT2D eigenvalue weighted by molar-refractivity contribution is -0.0104. The first-order valence-corrected chi connectivity index (χ1v) is 6.98. The third-order valence-electron chi connectivity index (χ3n) is 3.82. The number of halogens is 1. The molecule has 0 saturated carbocycles. The average Bonchev–Trinajstić information content (AvgIpc) is 2.42. The number of anilines is 1. The van der Waals surface area contributed by atoms with Crippen LogP contribution >= 0.6 is 0 Å². The average molecular weight is 282 g/mol. The Balaban J connectivity index is 2.41. The second kappa shape index (κ2) is 6.08. The van der Waals surface area contributed by atoms with Crippen LogP contribution in [0.25, 0.3) is 0 Å². The standard InChI is InChI=1S/C15H23FN2O2/c1-9-4-15(13(11(3)17)5-14(9)16)18-6-12(7-19)20-8-10(18)2/h4-5,10-12,19H,6-8,17H2,1-3H3. The van der Waals surface area contributed by atoms with Gasteiger partial charge in [-0.25, -0.2) is 4.39 Å². The molecule has 4 nitrogen and oxygen atoms in total. The lowest BCUT2D eigenvalue weighted by Crippen LogP contribution is -2.50. The number of aliphatic hydroxyl groups is 1. The van der Waals surface area contributed by atoms with E-state index >= 15 is 0 Å². The zero-order valence-corrected chi connectivity index (χ0v) is 12.3. The molecule has 0 bridgehead atoms.